The second kappa shape index (κ2) is 22.1. The lowest BCUT2D eigenvalue weighted by atomic mass is 9.85. The molecule has 5 aromatic heterocycles. The maximum atomic E-state index is 7.12. The van der Waals surface area contributed by atoms with Crippen molar-refractivity contribution in [1.82, 2.24) is 24.1 Å². The third kappa shape index (κ3) is 10.5. The molecule has 0 saturated carbocycles. The number of aromatic amines is 1. The predicted octanol–water partition coefficient (Wildman–Crippen LogP) is 23.4. The summed E-state index contributed by atoms with van der Waals surface area (Å²) in [7, 11) is 0. The first kappa shape index (κ1) is 57.2. The number of pyridine rings is 2. The summed E-state index contributed by atoms with van der Waals surface area (Å²) in [6.45, 7) is 20.3. The molecule has 0 fully saturated rings. The molecule has 0 saturated heterocycles. The Morgan fingerprint density at radius 1 is 0.385 bits per heavy atom. The van der Waals surface area contributed by atoms with E-state index in [2.05, 4.69) is 292 Å². The largest absolute Gasteiger partial charge is 0.457 e. The molecule has 446 valence electrons. The average molecular weight is 1250 g/mol. The Morgan fingerprint density at radius 2 is 0.912 bits per heavy atom. The monoisotopic (exact) mass is 1250 g/mol. The fourth-order valence-corrected chi connectivity index (χ4v) is 13.6. The first-order valence-electron chi connectivity index (χ1n) is 31.2. The van der Waals surface area contributed by atoms with Gasteiger partial charge in [-0.1, -0.05) is 194 Å². The van der Waals surface area contributed by atoms with Crippen molar-refractivity contribution < 1.29 is 9.47 Å². The standard InChI is InChI=1S/C82H69BrN6O2/c1-80(2,3)51-38-40-84-76(43-51)88-71-32-14-12-26-61(71)63-37-35-57(47-73(63)88)90-56-23-17-21-54(46-56)86-70-31-19-29-64-59-25-11-10-24-58(59)60-36-34-50(42-67(60)65-28-18-30-69(82(7,8)9)78(65)87-79(64)70)66-48-68-62-27-13-15-33-72(62)89(77-44-52(39-41-85-77)81(4,5)6)74(68)49-75(66)91-55-22-16-20-53(83)45-55/h10-49,86-87H,1-9H3. The highest BCUT2D eigenvalue weighted by atomic mass is 79.9. The number of anilines is 2. The van der Waals surface area contributed by atoms with Gasteiger partial charge in [0, 0.05) is 78.6 Å². The van der Waals surface area contributed by atoms with Crippen molar-refractivity contribution in [3.63, 3.8) is 0 Å². The molecule has 91 heavy (non-hydrogen) atoms. The van der Waals surface area contributed by atoms with E-state index in [1.54, 1.807) is 0 Å². The number of para-hydroxylation sites is 4. The molecule has 8 nitrogen and oxygen atoms in total. The first-order valence-corrected chi connectivity index (χ1v) is 32.0. The molecule has 0 aliphatic rings. The Hall–Kier alpha value is -10.2. The topological polar surface area (TPSA) is 81.9 Å². The van der Waals surface area contributed by atoms with E-state index in [4.69, 9.17) is 19.4 Å². The number of ether oxygens (including phenoxy) is 2. The summed E-state index contributed by atoms with van der Waals surface area (Å²) in [5, 5.41) is 15.0. The highest BCUT2D eigenvalue weighted by molar-refractivity contribution is 9.10. The summed E-state index contributed by atoms with van der Waals surface area (Å²) in [5.74, 6) is 4.62. The number of fused-ring (bicyclic) bond motifs is 13. The van der Waals surface area contributed by atoms with Crippen LogP contribution in [0.4, 0.5) is 11.4 Å². The molecule has 0 aliphatic heterocycles. The zero-order valence-corrected chi connectivity index (χ0v) is 54.2. The molecule has 0 spiro atoms. The van der Waals surface area contributed by atoms with E-state index in [1.165, 1.54) is 16.7 Å². The lowest BCUT2D eigenvalue weighted by molar-refractivity contribution is 0.483. The van der Waals surface area contributed by atoms with Crippen LogP contribution in [0.15, 0.2) is 247 Å². The fraction of sp³-hybridized carbons (Fsp3) is 0.146. The van der Waals surface area contributed by atoms with Crippen LogP contribution in [0.2, 0.25) is 0 Å². The van der Waals surface area contributed by atoms with Crippen molar-refractivity contribution in [1.29, 1.82) is 0 Å². The smallest absolute Gasteiger partial charge is 0.137 e. The van der Waals surface area contributed by atoms with E-state index in [-0.39, 0.29) is 16.2 Å². The van der Waals surface area contributed by atoms with E-state index in [0.717, 1.165) is 143 Å². The summed E-state index contributed by atoms with van der Waals surface area (Å²) in [6, 6.07) is 82.1. The highest BCUT2D eigenvalue weighted by Gasteiger charge is 2.24. The maximum absolute atomic E-state index is 7.12. The molecule has 10 aromatic carbocycles. The Labute approximate surface area is 538 Å². The Kier molecular flexibility index (Phi) is 13.9. The molecule has 0 amide bonds. The SMILES string of the molecule is CC(C)(C)c1ccnc(-n2c3ccccc3c3ccc(Oc4cccc(Nc5cccc6c5[nH]c5c(C(C)(C)C)cccc5c5cc(-c7cc8c9ccccc9n(-c9cc(C(C)(C)C)ccn9)c8cc7Oc7cccc(Br)c7)ccc5c5ccccc65)c4)cc32)c1. The third-order valence-corrected chi connectivity index (χ3v) is 18.3. The summed E-state index contributed by atoms with van der Waals surface area (Å²) in [6.07, 6.45) is 3.85. The van der Waals surface area contributed by atoms with Crippen LogP contribution in [0.5, 0.6) is 23.0 Å². The van der Waals surface area contributed by atoms with Gasteiger partial charge in [0.25, 0.3) is 0 Å². The quantitative estimate of drug-likeness (QED) is 0.150. The summed E-state index contributed by atoms with van der Waals surface area (Å²) < 4.78 is 19.4. The van der Waals surface area contributed by atoms with Gasteiger partial charge >= 0.3 is 0 Å². The number of nitrogens with one attached hydrogen (secondary N) is 2. The number of rotatable bonds is 9. The lowest BCUT2D eigenvalue weighted by Gasteiger charge is -2.21. The maximum Gasteiger partial charge on any atom is 0.137 e. The minimum atomic E-state index is -0.249. The van der Waals surface area contributed by atoms with Gasteiger partial charge in [0.2, 0.25) is 0 Å². The van der Waals surface area contributed by atoms with Gasteiger partial charge in [-0.3, -0.25) is 9.13 Å². The summed E-state index contributed by atoms with van der Waals surface area (Å²) in [4.78, 5) is 14.1. The number of hydrogen-bond donors (Lipinski definition) is 2. The van der Waals surface area contributed by atoms with E-state index in [0.29, 0.717) is 5.75 Å². The molecule has 5 heterocycles. The number of halogens is 1. The van der Waals surface area contributed by atoms with E-state index in [1.807, 2.05) is 48.8 Å². The van der Waals surface area contributed by atoms with Crippen LogP contribution in [0.3, 0.4) is 0 Å². The first-order chi connectivity index (χ1) is 43.9. The van der Waals surface area contributed by atoms with Gasteiger partial charge in [-0.05, 0) is 157 Å². The van der Waals surface area contributed by atoms with Crippen LogP contribution in [0.1, 0.15) is 79.0 Å². The molecule has 15 rings (SSSR count). The van der Waals surface area contributed by atoms with Gasteiger partial charge in [0.15, 0.2) is 0 Å². The predicted molar refractivity (Wildman–Crippen MR) is 385 cm³/mol. The van der Waals surface area contributed by atoms with Crippen molar-refractivity contribution in [2.24, 2.45) is 0 Å². The van der Waals surface area contributed by atoms with Crippen LogP contribution < -0.4 is 14.8 Å². The molecule has 0 atom stereocenters. The molecule has 15 aromatic rings. The van der Waals surface area contributed by atoms with Crippen LogP contribution in [-0.4, -0.2) is 24.1 Å². The molecular formula is C82H69BrN6O2. The number of benzene rings is 10. The molecule has 0 bridgehead atoms. The van der Waals surface area contributed by atoms with Gasteiger partial charge in [-0.15, -0.1) is 0 Å². The van der Waals surface area contributed by atoms with Gasteiger partial charge in [-0.25, -0.2) is 9.97 Å². The number of aromatic nitrogens is 5. The average Bonchev–Trinajstić information content (AvgIpc) is 1.67. The van der Waals surface area contributed by atoms with E-state index < -0.39 is 0 Å². The second-order valence-corrected chi connectivity index (χ2v) is 27.9. The Bertz CT molecular complexity index is 5490. The molecule has 9 heteroatoms. The van der Waals surface area contributed by atoms with Gasteiger partial charge < -0.3 is 19.8 Å². The van der Waals surface area contributed by atoms with Gasteiger partial charge in [-0.2, -0.15) is 0 Å². The Balaban J connectivity index is 0.900. The van der Waals surface area contributed by atoms with Crippen molar-refractivity contribution in [2.75, 3.05) is 5.32 Å². The number of nitrogens with zero attached hydrogens (tertiary/aromatic N) is 4. The Morgan fingerprint density at radius 3 is 1.57 bits per heavy atom. The minimum Gasteiger partial charge on any atom is -0.457 e. The third-order valence-electron chi connectivity index (χ3n) is 17.8. The lowest BCUT2D eigenvalue weighted by Crippen LogP contribution is -2.12. The zero-order chi connectivity index (χ0) is 62.5. The highest BCUT2D eigenvalue weighted by Crippen LogP contribution is 2.46. The van der Waals surface area contributed by atoms with Crippen LogP contribution in [-0.2, 0) is 16.2 Å². The van der Waals surface area contributed by atoms with E-state index >= 15 is 0 Å². The van der Waals surface area contributed by atoms with Crippen molar-refractivity contribution >= 4 is 114 Å². The van der Waals surface area contributed by atoms with Crippen molar-refractivity contribution in [3.8, 4) is 45.8 Å². The molecule has 0 aliphatic carbocycles. The van der Waals surface area contributed by atoms with Gasteiger partial charge in [0.05, 0.1) is 38.8 Å². The molecular weight excluding hydrogens is 1180 g/mol. The van der Waals surface area contributed by atoms with Crippen LogP contribution in [0.25, 0.3) is 110 Å². The van der Waals surface area contributed by atoms with Gasteiger partial charge in [0.1, 0.15) is 34.6 Å². The van der Waals surface area contributed by atoms with E-state index in [9.17, 15) is 0 Å². The molecule has 2 N–H and O–H groups in total. The normalized spacial score (nSPS) is 12.3. The molecule has 0 radical (unpaired) electrons. The summed E-state index contributed by atoms with van der Waals surface area (Å²) in [5.41, 5.74) is 13.2. The number of hydrogen-bond acceptors (Lipinski definition) is 5. The second-order valence-electron chi connectivity index (χ2n) is 27.0. The van der Waals surface area contributed by atoms with Crippen LogP contribution in [0, 0.1) is 0 Å². The summed E-state index contributed by atoms with van der Waals surface area (Å²) >= 11 is 3.74. The minimum absolute atomic E-state index is 0.0381. The molecule has 0 unspecified atom stereocenters. The van der Waals surface area contributed by atoms with Crippen LogP contribution >= 0.6 is 15.9 Å². The van der Waals surface area contributed by atoms with Crippen molar-refractivity contribution in [2.45, 2.75) is 78.6 Å². The van der Waals surface area contributed by atoms with Crippen molar-refractivity contribution in [3.05, 3.63) is 264 Å². The number of H-pyrrole nitrogens is 1. The fourth-order valence-electron chi connectivity index (χ4n) is 13.2. The zero-order valence-electron chi connectivity index (χ0n) is 52.6.